The number of hydrogen-bond acceptors (Lipinski definition) is 0. The van der Waals surface area contributed by atoms with Gasteiger partial charge in [0.05, 0.1) is 0 Å². The summed E-state index contributed by atoms with van der Waals surface area (Å²) in [4.78, 5) is 0. The first kappa shape index (κ1) is 18.1. The van der Waals surface area contributed by atoms with Gasteiger partial charge in [0.2, 0.25) is 6.71 Å². The molecule has 0 saturated heterocycles. The third kappa shape index (κ3) is 1.86. The Morgan fingerprint density at radius 1 is 0.515 bits per heavy atom. The minimum absolute atomic E-state index is 0.0109. The van der Waals surface area contributed by atoms with Crippen molar-refractivity contribution in [2.24, 2.45) is 0 Å². The van der Waals surface area contributed by atoms with E-state index in [9.17, 15) is 0 Å². The van der Waals surface area contributed by atoms with Gasteiger partial charge in [0.15, 0.2) is 0 Å². The molecule has 0 bridgehead atoms. The van der Waals surface area contributed by atoms with Crippen LogP contribution < -0.4 is 16.4 Å². The minimum atomic E-state index is -0.0197. The van der Waals surface area contributed by atoms with Crippen molar-refractivity contribution >= 4 is 44.6 Å². The molecule has 0 radical (unpaired) electrons. The Morgan fingerprint density at radius 3 is 1.91 bits per heavy atom. The molecule has 0 nitrogen and oxygen atoms in total. The first-order valence-corrected chi connectivity index (χ1v) is 12.2. The summed E-state index contributed by atoms with van der Waals surface area (Å²) in [5.74, 6) is 0. The summed E-state index contributed by atoms with van der Waals surface area (Å²) in [5.41, 5.74) is 13.5. The molecule has 0 N–H and O–H groups in total. The normalized spacial score (nSPS) is 17.5. The van der Waals surface area contributed by atoms with Gasteiger partial charge in [0.25, 0.3) is 0 Å². The van der Waals surface area contributed by atoms with Crippen molar-refractivity contribution in [3.63, 3.8) is 0 Å². The molecule has 0 aliphatic carbocycles. The van der Waals surface area contributed by atoms with Crippen molar-refractivity contribution < 1.29 is 0 Å². The summed E-state index contributed by atoms with van der Waals surface area (Å²) in [5, 5.41) is 5.59. The molecule has 8 rings (SSSR count). The molecule has 1 heteroatoms. The van der Waals surface area contributed by atoms with Crippen molar-refractivity contribution in [3.05, 3.63) is 101 Å². The fraction of sp³-hybridized carbons (Fsp3) is 0.188. The second-order valence-corrected chi connectivity index (χ2v) is 11.3. The molecular formula is C32H25B. The third-order valence-electron chi connectivity index (χ3n) is 9.13. The van der Waals surface area contributed by atoms with Crippen LogP contribution in [0.2, 0.25) is 0 Å². The van der Waals surface area contributed by atoms with Crippen molar-refractivity contribution in [1.29, 1.82) is 0 Å². The lowest BCUT2D eigenvalue weighted by atomic mass is 9.25. The summed E-state index contributed by atoms with van der Waals surface area (Å²) in [6, 6.07) is 30.3. The smallest absolute Gasteiger partial charge is 0.0617 e. The van der Waals surface area contributed by atoms with Crippen LogP contribution in [0.5, 0.6) is 0 Å². The van der Waals surface area contributed by atoms with Crippen LogP contribution in [0.15, 0.2) is 78.9 Å². The standard InChI is InChI=1S/C32H25B/c1-31(2)23-12-7-11-21-22-17-18-9-5-6-10-19(18)20-15-16-26-30(27(20)22)33(28(21)23)29-24(31)13-8-14-25(29)32(26,3)4/h5-17H,1-4H3. The maximum absolute atomic E-state index is 2.46. The quantitative estimate of drug-likeness (QED) is 0.216. The zero-order chi connectivity index (χ0) is 22.3. The summed E-state index contributed by atoms with van der Waals surface area (Å²) < 4.78 is 0. The molecule has 0 saturated carbocycles. The Kier molecular flexibility index (Phi) is 2.98. The molecular weight excluding hydrogens is 395 g/mol. The lowest BCUT2D eigenvalue weighted by molar-refractivity contribution is 0.622. The Hall–Kier alpha value is -3.32. The van der Waals surface area contributed by atoms with E-state index in [2.05, 4.69) is 107 Å². The van der Waals surface area contributed by atoms with Gasteiger partial charge in [-0.3, -0.25) is 0 Å². The number of fused-ring (bicyclic) bond motifs is 3. The molecule has 0 atom stereocenters. The molecule has 156 valence electrons. The predicted molar refractivity (Wildman–Crippen MR) is 142 cm³/mol. The van der Waals surface area contributed by atoms with E-state index >= 15 is 0 Å². The molecule has 0 spiro atoms. The zero-order valence-corrected chi connectivity index (χ0v) is 19.6. The van der Waals surface area contributed by atoms with Crippen LogP contribution in [0.3, 0.4) is 0 Å². The predicted octanol–water partition coefficient (Wildman–Crippen LogP) is 5.77. The molecule has 5 aromatic rings. The minimum Gasteiger partial charge on any atom is -0.0617 e. The van der Waals surface area contributed by atoms with Gasteiger partial charge >= 0.3 is 0 Å². The van der Waals surface area contributed by atoms with Gasteiger partial charge in [-0.1, -0.05) is 117 Å². The van der Waals surface area contributed by atoms with Crippen LogP contribution in [-0.4, -0.2) is 6.71 Å². The first-order chi connectivity index (χ1) is 15.9. The molecule has 5 aromatic carbocycles. The second kappa shape index (κ2) is 5.42. The van der Waals surface area contributed by atoms with Crippen molar-refractivity contribution in [2.75, 3.05) is 0 Å². The largest absolute Gasteiger partial charge is 0.244 e. The Labute approximate surface area is 195 Å². The van der Waals surface area contributed by atoms with Crippen LogP contribution in [0.1, 0.15) is 49.9 Å². The lowest BCUT2D eigenvalue weighted by Crippen LogP contribution is -2.68. The monoisotopic (exact) mass is 420 g/mol. The van der Waals surface area contributed by atoms with Crippen molar-refractivity contribution in [1.82, 2.24) is 0 Å². The Bertz CT molecular complexity index is 1700. The van der Waals surface area contributed by atoms with E-state index in [4.69, 9.17) is 0 Å². The van der Waals surface area contributed by atoms with Gasteiger partial charge in [-0.25, -0.2) is 0 Å². The van der Waals surface area contributed by atoms with E-state index in [0.717, 1.165) is 0 Å². The van der Waals surface area contributed by atoms with E-state index < -0.39 is 0 Å². The molecule has 0 amide bonds. The van der Waals surface area contributed by atoms with Gasteiger partial charge in [0.1, 0.15) is 0 Å². The van der Waals surface area contributed by atoms with Gasteiger partial charge in [-0.2, -0.15) is 0 Å². The lowest BCUT2D eigenvalue weighted by Gasteiger charge is -2.49. The van der Waals surface area contributed by atoms with Gasteiger partial charge in [-0.05, 0) is 61.0 Å². The van der Waals surface area contributed by atoms with Crippen LogP contribution in [-0.2, 0) is 10.8 Å². The molecule has 3 heterocycles. The summed E-state index contributed by atoms with van der Waals surface area (Å²) in [6.07, 6.45) is 0. The topological polar surface area (TPSA) is 0 Å². The highest BCUT2D eigenvalue weighted by Gasteiger charge is 2.51. The van der Waals surface area contributed by atoms with E-state index in [1.165, 1.54) is 54.9 Å². The Morgan fingerprint density at radius 2 is 1.15 bits per heavy atom. The third-order valence-corrected chi connectivity index (χ3v) is 9.13. The highest BCUT2D eigenvalue weighted by molar-refractivity contribution is 7.00. The Balaban J connectivity index is 1.70. The van der Waals surface area contributed by atoms with Gasteiger partial charge in [-0.15, -0.1) is 0 Å². The number of benzene rings is 5. The maximum Gasteiger partial charge on any atom is 0.244 e. The fourth-order valence-electron chi connectivity index (χ4n) is 7.63. The highest BCUT2D eigenvalue weighted by atomic mass is 14.4. The summed E-state index contributed by atoms with van der Waals surface area (Å²) in [6.45, 7) is 10.0. The van der Waals surface area contributed by atoms with Gasteiger partial charge in [0, 0.05) is 10.8 Å². The molecule has 3 aliphatic rings. The molecule has 0 aromatic heterocycles. The van der Waals surface area contributed by atoms with Crippen LogP contribution >= 0.6 is 0 Å². The zero-order valence-electron chi connectivity index (χ0n) is 19.6. The number of rotatable bonds is 0. The van der Waals surface area contributed by atoms with E-state index in [-0.39, 0.29) is 10.8 Å². The molecule has 0 unspecified atom stereocenters. The van der Waals surface area contributed by atoms with Crippen LogP contribution in [0, 0.1) is 0 Å². The van der Waals surface area contributed by atoms with E-state index in [0.29, 0.717) is 6.71 Å². The van der Waals surface area contributed by atoms with Crippen LogP contribution in [0.25, 0.3) is 32.7 Å². The summed E-state index contributed by atoms with van der Waals surface area (Å²) in [7, 11) is 0. The summed E-state index contributed by atoms with van der Waals surface area (Å²) >= 11 is 0. The molecule has 0 fully saturated rings. The van der Waals surface area contributed by atoms with Crippen molar-refractivity contribution in [3.8, 4) is 11.1 Å². The molecule has 3 aliphatic heterocycles. The average Bonchev–Trinajstić information content (AvgIpc) is 2.82. The second-order valence-electron chi connectivity index (χ2n) is 11.3. The van der Waals surface area contributed by atoms with Crippen LogP contribution in [0.4, 0.5) is 0 Å². The van der Waals surface area contributed by atoms with Crippen molar-refractivity contribution in [2.45, 2.75) is 38.5 Å². The molecule has 33 heavy (non-hydrogen) atoms. The van der Waals surface area contributed by atoms with Gasteiger partial charge < -0.3 is 0 Å². The average molecular weight is 420 g/mol. The van der Waals surface area contributed by atoms with E-state index in [1.54, 1.807) is 16.4 Å². The number of hydrogen-bond donors (Lipinski definition) is 0. The fourth-order valence-corrected chi connectivity index (χ4v) is 7.63. The first-order valence-electron chi connectivity index (χ1n) is 12.2. The highest BCUT2D eigenvalue weighted by Crippen LogP contribution is 2.46. The van der Waals surface area contributed by atoms with E-state index in [1.807, 2.05) is 0 Å². The maximum atomic E-state index is 2.46. The SMILES string of the molecule is CC1(C)c2cccc3c2B2c4c1cccc4C(C)(C)c1ccc4c(c-3cc3ccccc34)c12.